The van der Waals surface area contributed by atoms with E-state index in [0.717, 1.165) is 22.3 Å². The highest BCUT2D eigenvalue weighted by molar-refractivity contribution is 5.90. The Morgan fingerprint density at radius 2 is 1.21 bits per heavy atom. The Labute approximate surface area is 254 Å². The van der Waals surface area contributed by atoms with E-state index in [2.05, 4.69) is 19.1 Å². The van der Waals surface area contributed by atoms with Gasteiger partial charge in [-0.15, -0.1) is 0 Å². The van der Waals surface area contributed by atoms with E-state index in [9.17, 15) is 9.59 Å². The maximum atomic E-state index is 13.9. The van der Waals surface area contributed by atoms with Crippen LogP contribution in [0.2, 0.25) is 0 Å². The third kappa shape index (κ3) is 4.92. The zero-order valence-electron chi connectivity index (χ0n) is 25.9. The lowest BCUT2D eigenvalue weighted by Crippen LogP contribution is -2.75. The summed E-state index contributed by atoms with van der Waals surface area (Å²) in [4.78, 5) is 27.8. The van der Waals surface area contributed by atoms with Crippen LogP contribution in [0, 0.1) is 32.1 Å². The highest BCUT2D eigenvalue weighted by Crippen LogP contribution is 2.62. The summed E-state index contributed by atoms with van der Waals surface area (Å²) in [7, 11) is 3.23. The van der Waals surface area contributed by atoms with E-state index in [1.807, 2.05) is 88.4 Å². The topological polar surface area (TPSA) is 71.1 Å². The second-order valence-corrected chi connectivity index (χ2v) is 12.0. The van der Waals surface area contributed by atoms with Crippen LogP contribution in [0.1, 0.15) is 56.8 Å². The minimum Gasteiger partial charge on any atom is -0.452 e. The van der Waals surface area contributed by atoms with Crippen LogP contribution < -0.4 is 0 Å². The van der Waals surface area contributed by atoms with Gasteiger partial charge in [0, 0.05) is 25.6 Å². The lowest BCUT2D eigenvalue weighted by Gasteiger charge is -2.64. The normalized spacial score (nSPS) is 29.5. The number of allylic oxidation sites excluding steroid dienone is 2. The van der Waals surface area contributed by atoms with Crippen molar-refractivity contribution in [2.24, 2.45) is 11.3 Å². The first-order chi connectivity index (χ1) is 20.5. The first-order valence-electron chi connectivity index (χ1n) is 14.6. The van der Waals surface area contributed by atoms with Crippen LogP contribution in [-0.2, 0) is 24.5 Å². The molecule has 0 heterocycles. The summed E-state index contributed by atoms with van der Waals surface area (Å²) in [6.07, 6.45) is 5.95. The predicted octanol–water partition coefficient (Wildman–Crippen LogP) is 7.07. The van der Waals surface area contributed by atoms with Crippen LogP contribution in [0.5, 0.6) is 0 Å². The molecule has 1 fully saturated rings. The Kier molecular flexibility index (Phi) is 8.21. The third-order valence-electron chi connectivity index (χ3n) is 9.65. The first kappa shape index (κ1) is 30.5. The molecule has 1 saturated carbocycles. The zero-order valence-corrected chi connectivity index (χ0v) is 25.9. The molecule has 0 spiro atoms. The Hall–Kier alpha value is -4.00. The van der Waals surface area contributed by atoms with Crippen molar-refractivity contribution in [2.45, 2.75) is 58.0 Å². The van der Waals surface area contributed by atoms with Gasteiger partial charge in [0.15, 0.2) is 12.2 Å². The van der Waals surface area contributed by atoms with Crippen LogP contribution >= 0.6 is 0 Å². The number of benzene rings is 3. The molecule has 0 amide bonds. The molecule has 0 aliphatic heterocycles. The fourth-order valence-electron chi connectivity index (χ4n) is 6.88. The van der Waals surface area contributed by atoms with Crippen molar-refractivity contribution in [3.63, 3.8) is 0 Å². The Bertz CT molecular complexity index is 1550. The van der Waals surface area contributed by atoms with Gasteiger partial charge in [-0.2, -0.15) is 0 Å². The molecule has 0 saturated heterocycles. The Morgan fingerprint density at radius 1 is 0.674 bits per heavy atom. The predicted molar refractivity (Wildman–Crippen MR) is 166 cm³/mol. The highest BCUT2D eigenvalue weighted by atomic mass is 16.6. The summed E-state index contributed by atoms with van der Waals surface area (Å²) in [6.45, 7) is 9.92. The molecule has 3 aromatic rings. The van der Waals surface area contributed by atoms with Gasteiger partial charge in [0.2, 0.25) is 0 Å². The van der Waals surface area contributed by atoms with Crippen LogP contribution in [0.15, 0.2) is 97.1 Å². The zero-order chi connectivity index (χ0) is 31.0. The number of rotatable bonds is 7. The maximum absolute atomic E-state index is 13.9. The molecule has 6 heteroatoms. The molecule has 0 bridgehead atoms. The van der Waals surface area contributed by atoms with E-state index in [1.165, 1.54) is 0 Å². The number of ether oxygens (including phenoxy) is 4. The lowest BCUT2D eigenvalue weighted by molar-refractivity contribution is -0.292. The molecule has 224 valence electrons. The molecule has 43 heavy (non-hydrogen) atoms. The van der Waals surface area contributed by atoms with Crippen LogP contribution in [0.3, 0.4) is 0 Å². The van der Waals surface area contributed by atoms with Crippen molar-refractivity contribution < 1.29 is 28.5 Å². The van der Waals surface area contributed by atoms with E-state index in [0.29, 0.717) is 11.1 Å². The van der Waals surface area contributed by atoms with E-state index < -0.39 is 40.8 Å². The van der Waals surface area contributed by atoms with E-state index in [4.69, 9.17) is 18.9 Å². The van der Waals surface area contributed by atoms with Gasteiger partial charge in [0.05, 0.1) is 11.1 Å². The number of carbonyl (C=O) groups is 2. The van der Waals surface area contributed by atoms with Gasteiger partial charge in [-0.1, -0.05) is 90.9 Å². The molecule has 2 aliphatic rings. The number of methoxy groups -OCH3 is 2. The molecule has 0 N–H and O–H groups in total. The number of aryl methyl sites for hydroxylation is 3. The number of hydrogen-bond acceptors (Lipinski definition) is 6. The molecular formula is C37H40O6. The van der Waals surface area contributed by atoms with E-state index in [-0.39, 0.29) is 5.92 Å². The van der Waals surface area contributed by atoms with Crippen LogP contribution in [-0.4, -0.2) is 44.0 Å². The van der Waals surface area contributed by atoms with E-state index >= 15 is 0 Å². The molecule has 2 aliphatic carbocycles. The van der Waals surface area contributed by atoms with Gasteiger partial charge in [-0.3, -0.25) is 0 Å². The number of carbonyl (C=O) groups excluding carboxylic acids is 2. The van der Waals surface area contributed by atoms with Gasteiger partial charge in [0.1, 0.15) is 11.2 Å². The highest BCUT2D eigenvalue weighted by Gasteiger charge is 2.72. The second-order valence-electron chi connectivity index (χ2n) is 12.0. The minimum atomic E-state index is -1.25. The first-order valence-corrected chi connectivity index (χ1v) is 14.6. The van der Waals surface area contributed by atoms with Crippen LogP contribution in [0.25, 0.3) is 0 Å². The summed E-state index contributed by atoms with van der Waals surface area (Å²) in [5.41, 5.74) is 1.47. The maximum Gasteiger partial charge on any atom is 0.338 e. The van der Waals surface area contributed by atoms with Gasteiger partial charge in [0.25, 0.3) is 0 Å². The van der Waals surface area contributed by atoms with Crippen molar-refractivity contribution in [1.29, 1.82) is 0 Å². The lowest BCUT2D eigenvalue weighted by atomic mass is 9.49. The Morgan fingerprint density at radius 3 is 1.72 bits per heavy atom. The molecule has 0 aromatic heterocycles. The van der Waals surface area contributed by atoms with Crippen LogP contribution in [0.4, 0.5) is 0 Å². The van der Waals surface area contributed by atoms with Crippen molar-refractivity contribution >= 4 is 11.9 Å². The summed E-state index contributed by atoms with van der Waals surface area (Å²) in [6, 6.07) is 22.3. The molecule has 6 atom stereocenters. The number of esters is 2. The van der Waals surface area contributed by atoms with Crippen molar-refractivity contribution in [3.05, 3.63) is 130 Å². The van der Waals surface area contributed by atoms with Gasteiger partial charge >= 0.3 is 11.9 Å². The SMILES string of the molecule is COC1(c2ccccc2C)C(OC(=O)c2ccc(C)cc2)C(OC(=O)c2ccc(C)cc2)C(C)(OC)C2(C)C=CC=CC12. The fourth-order valence-corrected chi connectivity index (χ4v) is 6.88. The summed E-state index contributed by atoms with van der Waals surface area (Å²) < 4.78 is 25.9. The molecule has 6 nitrogen and oxygen atoms in total. The van der Waals surface area contributed by atoms with Crippen molar-refractivity contribution in [2.75, 3.05) is 14.2 Å². The summed E-state index contributed by atoms with van der Waals surface area (Å²) in [5.74, 6) is -1.46. The largest absolute Gasteiger partial charge is 0.452 e. The van der Waals surface area contributed by atoms with E-state index in [1.54, 1.807) is 38.5 Å². The summed E-state index contributed by atoms with van der Waals surface area (Å²) in [5, 5.41) is 0. The third-order valence-corrected chi connectivity index (χ3v) is 9.65. The van der Waals surface area contributed by atoms with Gasteiger partial charge in [-0.25, -0.2) is 9.59 Å². The average molecular weight is 581 g/mol. The molecular weight excluding hydrogens is 540 g/mol. The smallest absolute Gasteiger partial charge is 0.338 e. The van der Waals surface area contributed by atoms with Crippen molar-refractivity contribution in [3.8, 4) is 0 Å². The molecule has 3 aromatic carbocycles. The number of fused-ring (bicyclic) bond motifs is 1. The standard InChI is InChI=1S/C37H40O6/c1-24-15-19-27(20-16-24)33(38)42-31-32(43-34(39)28-21-17-25(2)18-22-28)37(41-7,29-13-9-8-12-26(29)3)30-14-10-11-23-35(30,4)36(31,5)40-6/h8-23,30-32H,1-7H3. The fraction of sp³-hybridized carbons (Fsp3) is 0.351. The average Bonchev–Trinajstić information content (AvgIpc) is 3.01. The monoisotopic (exact) mass is 580 g/mol. The number of hydrogen-bond donors (Lipinski definition) is 0. The van der Waals surface area contributed by atoms with Crippen molar-refractivity contribution in [1.82, 2.24) is 0 Å². The molecule has 5 rings (SSSR count). The van der Waals surface area contributed by atoms with Gasteiger partial charge in [-0.05, 0) is 63.1 Å². The second kappa shape index (κ2) is 11.6. The molecule has 0 radical (unpaired) electrons. The minimum absolute atomic E-state index is 0.369. The quantitative estimate of drug-likeness (QED) is 0.278. The molecule has 6 unspecified atom stereocenters. The van der Waals surface area contributed by atoms with Gasteiger partial charge < -0.3 is 18.9 Å². The summed E-state index contributed by atoms with van der Waals surface area (Å²) >= 11 is 0. The Balaban J connectivity index is 1.76.